The number of nitrogens with zero attached hydrogens (tertiary/aromatic N) is 3. The second kappa shape index (κ2) is 4.63. The van der Waals surface area contributed by atoms with Crippen LogP contribution < -0.4 is 5.76 Å². The van der Waals surface area contributed by atoms with E-state index in [-0.39, 0.29) is 5.56 Å². The van der Waals surface area contributed by atoms with Crippen molar-refractivity contribution in [2.75, 3.05) is 14.1 Å². The van der Waals surface area contributed by atoms with E-state index in [0.717, 1.165) is 17.0 Å². The molecule has 2 rings (SSSR count). The molecule has 1 amide bonds. The van der Waals surface area contributed by atoms with Gasteiger partial charge in [-0.15, -0.1) is 9.78 Å². The highest BCUT2D eigenvalue weighted by Gasteiger charge is 2.19. The number of amides is 1. The van der Waals surface area contributed by atoms with Crippen LogP contribution in [0.15, 0.2) is 27.4 Å². The molecule has 0 aliphatic rings. The lowest BCUT2D eigenvalue weighted by molar-refractivity contribution is 0.214. The van der Waals surface area contributed by atoms with E-state index in [1.807, 2.05) is 0 Å². The predicted octanol–water partition coefficient (Wildman–Crippen LogP) is 1.31. The lowest BCUT2D eigenvalue weighted by Crippen LogP contribution is -2.34. The van der Waals surface area contributed by atoms with E-state index in [9.17, 15) is 18.4 Å². The fourth-order valence-corrected chi connectivity index (χ4v) is 1.36. The van der Waals surface area contributed by atoms with E-state index >= 15 is 0 Å². The number of carbonyl (C=O) groups excluding carboxylic acids is 1. The van der Waals surface area contributed by atoms with Crippen molar-refractivity contribution < 1.29 is 18.0 Å². The van der Waals surface area contributed by atoms with Gasteiger partial charge >= 0.3 is 11.8 Å². The van der Waals surface area contributed by atoms with Crippen LogP contribution in [0, 0.1) is 11.6 Å². The first-order valence-electron chi connectivity index (χ1n) is 5.17. The number of rotatable bonds is 1. The van der Waals surface area contributed by atoms with Crippen molar-refractivity contribution in [3.8, 4) is 11.5 Å². The van der Waals surface area contributed by atoms with Gasteiger partial charge in [-0.2, -0.15) is 0 Å². The van der Waals surface area contributed by atoms with Gasteiger partial charge in [-0.25, -0.2) is 18.4 Å². The molecule has 0 N–H and O–H groups in total. The molecule has 0 radical (unpaired) electrons. The first kappa shape index (κ1) is 12.9. The second-order valence-electron chi connectivity index (χ2n) is 3.89. The van der Waals surface area contributed by atoms with Crippen molar-refractivity contribution >= 4 is 6.03 Å². The van der Waals surface area contributed by atoms with Crippen molar-refractivity contribution in [2.45, 2.75) is 0 Å². The van der Waals surface area contributed by atoms with E-state index in [1.165, 1.54) is 14.1 Å². The van der Waals surface area contributed by atoms with E-state index in [1.54, 1.807) is 0 Å². The monoisotopic (exact) mass is 269 g/mol. The Morgan fingerprint density at radius 3 is 2.63 bits per heavy atom. The Bertz CT molecular complexity index is 691. The Kier molecular flexibility index (Phi) is 3.16. The molecule has 1 heterocycles. The summed E-state index contributed by atoms with van der Waals surface area (Å²) in [5.74, 6) is -3.15. The Balaban J connectivity index is 2.51. The number of hydrogen-bond donors (Lipinski definition) is 0. The molecule has 0 unspecified atom stereocenters. The summed E-state index contributed by atoms with van der Waals surface area (Å²) in [6.07, 6.45) is 0. The predicted molar refractivity (Wildman–Crippen MR) is 60.6 cm³/mol. The molecule has 0 bridgehead atoms. The lowest BCUT2D eigenvalue weighted by atomic mass is 10.2. The molecular weight excluding hydrogens is 260 g/mol. The van der Waals surface area contributed by atoms with Gasteiger partial charge in [0.15, 0.2) is 0 Å². The Morgan fingerprint density at radius 2 is 2.05 bits per heavy atom. The Labute approximate surface area is 105 Å². The molecular formula is C11H9F2N3O3. The molecule has 0 atom stereocenters. The zero-order valence-electron chi connectivity index (χ0n) is 10.1. The Hall–Kier alpha value is -2.51. The zero-order valence-corrected chi connectivity index (χ0v) is 10.1. The molecule has 2 aromatic rings. The summed E-state index contributed by atoms with van der Waals surface area (Å²) in [4.78, 5) is 24.1. The maximum absolute atomic E-state index is 13.5. The maximum atomic E-state index is 13.5. The molecule has 0 fully saturated rings. The van der Waals surface area contributed by atoms with Crippen molar-refractivity contribution in [3.63, 3.8) is 0 Å². The average molecular weight is 269 g/mol. The summed E-state index contributed by atoms with van der Waals surface area (Å²) in [6.45, 7) is 0. The molecule has 0 aliphatic heterocycles. The third-order valence-electron chi connectivity index (χ3n) is 2.27. The van der Waals surface area contributed by atoms with Gasteiger partial charge < -0.3 is 9.32 Å². The van der Waals surface area contributed by atoms with Crippen LogP contribution in [0.3, 0.4) is 0 Å². The van der Waals surface area contributed by atoms with E-state index in [4.69, 9.17) is 0 Å². The molecule has 0 saturated heterocycles. The lowest BCUT2D eigenvalue weighted by Gasteiger charge is -2.06. The minimum atomic E-state index is -1.04. The largest absolute Gasteiger partial charge is 0.446 e. The van der Waals surface area contributed by atoms with Gasteiger partial charge in [-0.05, 0) is 12.1 Å². The number of benzene rings is 1. The van der Waals surface area contributed by atoms with Crippen molar-refractivity contribution in [1.82, 2.24) is 14.7 Å². The van der Waals surface area contributed by atoms with Gasteiger partial charge in [0.2, 0.25) is 0 Å². The van der Waals surface area contributed by atoms with Crippen LogP contribution in [0.25, 0.3) is 11.5 Å². The highest BCUT2D eigenvalue weighted by molar-refractivity contribution is 5.75. The van der Waals surface area contributed by atoms with Gasteiger partial charge in [0.05, 0.1) is 5.56 Å². The molecule has 100 valence electrons. The third-order valence-corrected chi connectivity index (χ3v) is 2.27. The first-order valence-corrected chi connectivity index (χ1v) is 5.17. The molecule has 1 aromatic carbocycles. The summed E-state index contributed by atoms with van der Waals surface area (Å²) < 4.78 is 31.4. The summed E-state index contributed by atoms with van der Waals surface area (Å²) in [5.41, 5.74) is -0.205. The topological polar surface area (TPSA) is 68.3 Å². The summed E-state index contributed by atoms with van der Waals surface area (Å²) >= 11 is 0. The van der Waals surface area contributed by atoms with Crippen LogP contribution in [0.4, 0.5) is 13.6 Å². The number of halogens is 2. The minimum Gasteiger partial charge on any atom is -0.387 e. The van der Waals surface area contributed by atoms with Crippen molar-refractivity contribution in [2.24, 2.45) is 0 Å². The van der Waals surface area contributed by atoms with Crippen LogP contribution in [0.2, 0.25) is 0 Å². The number of aromatic nitrogens is 2. The number of carbonyl (C=O) groups is 1. The maximum Gasteiger partial charge on any atom is 0.446 e. The van der Waals surface area contributed by atoms with Gasteiger partial charge in [-0.1, -0.05) is 0 Å². The van der Waals surface area contributed by atoms with Crippen LogP contribution in [-0.2, 0) is 0 Å². The van der Waals surface area contributed by atoms with Gasteiger partial charge in [0.25, 0.3) is 5.89 Å². The van der Waals surface area contributed by atoms with Crippen LogP contribution in [0.1, 0.15) is 0 Å². The molecule has 19 heavy (non-hydrogen) atoms. The second-order valence-corrected chi connectivity index (χ2v) is 3.89. The summed E-state index contributed by atoms with van der Waals surface area (Å²) in [7, 11) is 2.84. The third kappa shape index (κ3) is 2.37. The van der Waals surface area contributed by atoms with E-state index < -0.39 is 29.3 Å². The molecule has 0 saturated carbocycles. The fourth-order valence-electron chi connectivity index (χ4n) is 1.36. The fraction of sp³-hybridized carbons (Fsp3) is 0.182. The molecule has 0 spiro atoms. The minimum absolute atomic E-state index is 0.205. The van der Waals surface area contributed by atoms with E-state index in [0.29, 0.717) is 10.7 Å². The smallest absolute Gasteiger partial charge is 0.387 e. The van der Waals surface area contributed by atoms with Crippen molar-refractivity contribution in [1.29, 1.82) is 0 Å². The molecule has 1 aromatic heterocycles. The van der Waals surface area contributed by atoms with E-state index in [2.05, 4.69) is 9.52 Å². The van der Waals surface area contributed by atoms with Gasteiger partial charge in [-0.3, -0.25) is 0 Å². The van der Waals surface area contributed by atoms with Crippen molar-refractivity contribution in [3.05, 3.63) is 40.4 Å². The van der Waals surface area contributed by atoms with Crippen LogP contribution in [0.5, 0.6) is 0 Å². The normalized spacial score (nSPS) is 10.5. The van der Waals surface area contributed by atoms with Gasteiger partial charge in [0.1, 0.15) is 11.6 Å². The SMILES string of the molecule is CN(C)C(=O)n1nc(-c2ccc(F)cc2F)oc1=O. The molecule has 6 nitrogen and oxygen atoms in total. The highest BCUT2D eigenvalue weighted by Crippen LogP contribution is 2.20. The first-order chi connectivity index (χ1) is 8.90. The quantitative estimate of drug-likeness (QED) is 0.782. The standard InChI is InChI=1S/C11H9F2N3O3/c1-15(2)10(17)16-11(18)19-9(14-16)7-4-3-6(12)5-8(7)13/h3-5H,1-2H3. The van der Waals surface area contributed by atoms with Crippen LogP contribution >= 0.6 is 0 Å². The molecule has 0 aliphatic carbocycles. The highest BCUT2D eigenvalue weighted by atomic mass is 19.1. The number of hydrogen-bond acceptors (Lipinski definition) is 4. The molecule has 8 heteroatoms. The summed E-state index contributed by atoms with van der Waals surface area (Å²) in [5, 5.41) is 3.58. The Morgan fingerprint density at radius 1 is 1.37 bits per heavy atom. The van der Waals surface area contributed by atoms with Crippen LogP contribution in [-0.4, -0.2) is 34.8 Å². The zero-order chi connectivity index (χ0) is 14.2. The van der Waals surface area contributed by atoms with Gasteiger partial charge in [0, 0.05) is 20.2 Å². The summed E-state index contributed by atoms with van der Waals surface area (Å²) in [6, 6.07) is 1.95. The average Bonchev–Trinajstić information content (AvgIpc) is 2.69.